The number of hydrogen-bond donors (Lipinski definition) is 1. The number of urea groups is 1. The lowest BCUT2D eigenvalue weighted by Crippen LogP contribution is -2.46. The summed E-state index contributed by atoms with van der Waals surface area (Å²) in [6.45, 7) is 3.28. The average Bonchev–Trinajstić information content (AvgIpc) is 3.01. The lowest BCUT2D eigenvalue weighted by Gasteiger charge is -2.24. The van der Waals surface area contributed by atoms with Gasteiger partial charge in [0.05, 0.1) is 13.2 Å². The molecule has 2 rings (SSSR count). The fraction of sp³-hybridized carbons (Fsp3) is 0.500. The monoisotopic (exact) mass is 290 g/mol. The molecule has 0 radical (unpaired) electrons. The Morgan fingerprint density at radius 1 is 1.33 bits per heavy atom. The van der Waals surface area contributed by atoms with Crippen molar-refractivity contribution in [3.63, 3.8) is 0 Å². The number of nitrogens with zero attached hydrogens (tertiary/aromatic N) is 1. The third kappa shape index (κ3) is 3.54. The standard InChI is InChI=1S/C16H22N2O3/c1-3-10-17-16(20)18-11-4-5-14(18)15(19)12-6-8-13(21-2)9-7-12/h6-9,14H,3-5,10-11H2,1-2H3,(H,17,20). The zero-order valence-corrected chi connectivity index (χ0v) is 12.6. The molecule has 1 aliphatic rings. The summed E-state index contributed by atoms with van der Waals surface area (Å²) in [4.78, 5) is 26.3. The van der Waals surface area contributed by atoms with Crippen LogP contribution in [0.2, 0.25) is 0 Å². The number of benzene rings is 1. The summed E-state index contributed by atoms with van der Waals surface area (Å²) in [7, 11) is 1.59. The molecule has 21 heavy (non-hydrogen) atoms. The Bertz CT molecular complexity index is 499. The second kappa shape index (κ2) is 7.11. The van der Waals surface area contributed by atoms with Crippen LogP contribution in [-0.2, 0) is 0 Å². The van der Waals surface area contributed by atoms with Gasteiger partial charge in [0.2, 0.25) is 0 Å². The highest BCUT2D eigenvalue weighted by atomic mass is 16.5. The van der Waals surface area contributed by atoms with Crippen molar-refractivity contribution in [1.82, 2.24) is 10.2 Å². The molecule has 1 atom stereocenters. The van der Waals surface area contributed by atoms with Gasteiger partial charge in [0, 0.05) is 18.7 Å². The van der Waals surface area contributed by atoms with E-state index in [4.69, 9.17) is 4.74 Å². The zero-order chi connectivity index (χ0) is 15.2. The second-order valence-corrected chi connectivity index (χ2v) is 5.18. The molecule has 1 aliphatic heterocycles. The van der Waals surface area contributed by atoms with Gasteiger partial charge < -0.3 is 15.0 Å². The van der Waals surface area contributed by atoms with E-state index >= 15 is 0 Å². The van der Waals surface area contributed by atoms with Crippen molar-refractivity contribution in [1.29, 1.82) is 0 Å². The molecular weight excluding hydrogens is 268 g/mol. The first-order valence-electron chi connectivity index (χ1n) is 7.40. The van der Waals surface area contributed by atoms with Crippen LogP contribution in [0.1, 0.15) is 36.5 Å². The number of likely N-dealkylation sites (tertiary alicyclic amines) is 1. The third-order valence-electron chi connectivity index (χ3n) is 3.72. The van der Waals surface area contributed by atoms with Gasteiger partial charge in [0.15, 0.2) is 5.78 Å². The maximum atomic E-state index is 12.6. The number of amides is 2. The molecule has 1 unspecified atom stereocenters. The van der Waals surface area contributed by atoms with Gasteiger partial charge in [0.25, 0.3) is 0 Å². The number of rotatable bonds is 5. The third-order valence-corrected chi connectivity index (χ3v) is 3.72. The predicted octanol–water partition coefficient (Wildman–Crippen LogP) is 2.46. The largest absolute Gasteiger partial charge is 0.497 e. The molecule has 114 valence electrons. The molecule has 2 amide bonds. The molecule has 5 nitrogen and oxygen atoms in total. The number of methoxy groups -OCH3 is 1. The fourth-order valence-corrected chi connectivity index (χ4v) is 2.56. The van der Waals surface area contributed by atoms with Crippen LogP contribution in [-0.4, -0.2) is 43.0 Å². The van der Waals surface area contributed by atoms with Gasteiger partial charge in [-0.2, -0.15) is 0 Å². The van der Waals surface area contributed by atoms with Crippen molar-refractivity contribution in [3.8, 4) is 5.75 Å². The van der Waals surface area contributed by atoms with Gasteiger partial charge in [-0.25, -0.2) is 4.79 Å². The smallest absolute Gasteiger partial charge is 0.318 e. The lowest BCUT2D eigenvalue weighted by atomic mass is 10.0. The van der Waals surface area contributed by atoms with Gasteiger partial charge >= 0.3 is 6.03 Å². The fourth-order valence-electron chi connectivity index (χ4n) is 2.56. The first-order chi connectivity index (χ1) is 10.2. The van der Waals surface area contributed by atoms with Gasteiger partial charge in [-0.15, -0.1) is 0 Å². The minimum absolute atomic E-state index is 0.00167. The number of carbonyl (C=O) groups excluding carboxylic acids is 2. The summed E-state index contributed by atoms with van der Waals surface area (Å²) in [5.74, 6) is 0.720. The van der Waals surface area contributed by atoms with Crippen molar-refractivity contribution >= 4 is 11.8 Å². The summed E-state index contributed by atoms with van der Waals surface area (Å²) < 4.78 is 5.09. The molecular formula is C16H22N2O3. The molecule has 1 N–H and O–H groups in total. The van der Waals surface area contributed by atoms with E-state index in [0.717, 1.165) is 25.0 Å². The van der Waals surface area contributed by atoms with E-state index in [2.05, 4.69) is 5.32 Å². The van der Waals surface area contributed by atoms with Crippen molar-refractivity contribution in [3.05, 3.63) is 29.8 Å². The quantitative estimate of drug-likeness (QED) is 0.847. The van der Waals surface area contributed by atoms with Crippen LogP contribution in [0.25, 0.3) is 0 Å². The number of Topliss-reactive ketones (excluding diaryl/α,β-unsaturated/α-hetero) is 1. The van der Waals surface area contributed by atoms with Crippen LogP contribution in [0.3, 0.4) is 0 Å². The van der Waals surface area contributed by atoms with E-state index < -0.39 is 0 Å². The van der Waals surface area contributed by atoms with Crippen LogP contribution < -0.4 is 10.1 Å². The Morgan fingerprint density at radius 2 is 2.05 bits per heavy atom. The molecule has 1 heterocycles. The number of ether oxygens (including phenoxy) is 1. The molecule has 0 aromatic heterocycles. The van der Waals surface area contributed by atoms with E-state index in [1.165, 1.54) is 0 Å². The average molecular weight is 290 g/mol. The molecule has 1 saturated heterocycles. The Kier molecular flexibility index (Phi) is 5.20. The Labute approximate surface area is 125 Å². The molecule has 0 spiro atoms. The molecule has 0 bridgehead atoms. The topological polar surface area (TPSA) is 58.6 Å². The Hall–Kier alpha value is -2.04. The summed E-state index contributed by atoms with van der Waals surface area (Å²) in [6.07, 6.45) is 2.48. The summed E-state index contributed by atoms with van der Waals surface area (Å²) in [5, 5.41) is 2.84. The van der Waals surface area contributed by atoms with E-state index in [1.54, 1.807) is 36.3 Å². The van der Waals surface area contributed by atoms with Crippen LogP contribution >= 0.6 is 0 Å². The SMILES string of the molecule is CCCNC(=O)N1CCCC1C(=O)c1ccc(OC)cc1. The van der Waals surface area contributed by atoms with Crippen LogP contribution in [0, 0.1) is 0 Å². The number of carbonyl (C=O) groups is 2. The van der Waals surface area contributed by atoms with Crippen molar-refractivity contribution < 1.29 is 14.3 Å². The molecule has 0 saturated carbocycles. The normalized spacial score (nSPS) is 17.6. The molecule has 5 heteroatoms. The highest BCUT2D eigenvalue weighted by Crippen LogP contribution is 2.22. The van der Waals surface area contributed by atoms with Crippen LogP contribution in [0.15, 0.2) is 24.3 Å². The molecule has 1 fully saturated rings. The first kappa shape index (κ1) is 15.4. The predicted molar refractivity (Wildman–Crippen MR) is 80.7 cm³/mol. The van der Waals surface area contributed by atoms with Gasteiger partial charge in [-0.05, 0) is 43.5 Å². The summed E-state index contributed by atoms with van der Waals surface area (Å²) in [5.41, 5.74) is 0.621. The Morgan fingerprint density at radius 3 is 2.67 bits per heavy atom. The van der Waals surface area contributed by atoms with Crippen molar-refractivity contribution in [2.24, 2.45) is 0 Å². The second-order valence-electron chi connectivity index (χ2n) is 5.18. The number of ketones is 1. The highest BCUT2D eigenvalue weighted by Gasteiger charge is 2.34. The zero-order valence-electron chi connectivity index (χ0n) is 12.6. The highest BCUT2D eigenvalue weighted by molar-refractivity contribution is 6.02. The summed E-state index contributed by atoms with van der Waals surface area (Å²) in [6, 6.07) is 6.55. The van der Waals surface area contributed by atoms with Crippen LogP contribution in [0.4, 0.5) is 4.79 Å². The summed E-state index contributed by atoms with van der Waals surface area (Å²) >= 11 is 0. The first-order valence-corrected chi connectivity index (χ1v) is 7.40. The van der Waals surface area contributed by atoms with Gasteiger partial charge in [0.1, 0.15) is 5.75 Å². The lowest BCUT2D eigenvalue weighted by molar-refractivity contribution is 0.0887. The Balaban J connectivity index is 2.07. The van der Waals surface area contributed by atoms with Crippen molar-refractivity contribution in [2.75, 3.05) is 20.2 Å². The maximum absolute atomic E-state index is 12.6. The van der Waals surface area contributed by atoms with Crippen LogP contribution in [0.5, 0.6) is 5.75 Å². The van der Waals surface area contributed by atoms with E-state index in [-0.39, 0.29) is 17.9 Å². The van der Waals surface area contributed by atoms with E-state index in [0.29, 0.717) is 18.7 Å². The van der Waals surface area contributed by atoms with E-state index in [9.17, 15) is 9.59 Å². The molecule has 1 aromatic carbocycles. The number of nitrogens with one attached hydrogen (secondary N) is 1. The molecule has 1 aromatic rings. The van der Waals surface area contributed by atoms with E-state index in [1.807, 2.05) is 6.92 Å². The van der Waals surface area contributed by atoms with Gasteiger partial charge in [-0.3, -0.25) is 4.79 Å². The minimum atomic E-state index is -0.352. The van der Waals surface area contributed by atoms with Crippen molar-refractivity contribution in [2.45, 2.75) is 32.2 Å². The maximum Gasteiger partial charge on any atom is 0.318 e. The minimum Gasteiger partial charge on any atom is -0.497 e. The number of hydrogen-bond acceptors (Lipinski definition) is 3. The molecule has 0 aliphatic carbocycles. The van der Waals surface area contributed by atoms with Gasteiger partial charge in [-0.1, -0.05) is 6.92 Å².